The van der Waals surface area contributed by atoms with Crippen molar-refractivity contribution >= 4 is 28.7 Å². The lowest BCUT2D eigenvalue weighted by Crippen LogP contribution is -2.56. The first-order chi connectivity index (χ1) is 15.6. The summed E-state index contributed by atoms with van der Waals surface area (Å²) in [5.41, 5.74) is 4.10. The van der Waals surface area contributed by atoms with Gasteiger partial charge in [0.1, 0.15) is 0 Å². The Balaban J connectivity index is 1.46. The molecule has 3 aromatic rings. The van der Waals surface area contributed by atoms with Gasteiger partial charge in [-0.2, -0.15) is 0 Å². The minimum Gasteiger partial charge on any atom is -0.349 e. The van der Waals surface area contributed by atoms with Crippen molar-refractivity contribution < 1.29 is 4.79 Å². The Hall–Kier alpha value is -2.44. The molecule has 1 aliphatic heterocycles. The number of hydrogen-bond acceptors (Lipinski definition) is 3. The molecule has 0 bridgehead atoms. The second-order valence-corrected chi connectivity index (χ2v) is 10.1. The number of benzene rings is 2. The number of rotatable bonds is 5. The highest BCUT2D eigenvalue weighted by Crippen LogP contribution is 2.46. The van der Waals surface area contributed by atoms with Crippen molar-refractivity contribution in [3.63, 3.8) is 0 Å². The average Bonchev–Trinajstić information content (AvgIpc) is 3.14. The van der Waals surface area contributed by atoms with E-state index in [1.807, 2.05) is 30.5 Å². The van der Waals surface area contributed by atoms with E-state index in [1.165, 1.54) is 32.0 Å². The third kappa shape index (κ3) is 3.80. The zero-order valence-electron chi connectivity index (χ0n) is 19.1. The zero-order chi connectivity index (χ0) is 22.2. The molecule has 1 aliphatic carbocycles. The summed E-state index contributed by atoms with van der Waals surface area (Å²) >= 11 is 1.83. The van der Waals surface area contributed by atoms with Crippen LogP contribution in [0.3, 0.4) is 0 Å². The number of likely N-dealkylation sites (N-methyl/N-ethyl adjacent to an activating group) is 1. The van der Waals surface area contributed by atoms with Crippen molar-refractivity contribution in [2.24, 2.45) is 0 Å². The molecule has 168 valence electrons. The van der Waals surface area contributed by atoms with Gasteiger partial charge in [0.05, 0.1) is 5.03 Å². The van der Waals surface area contributed by atoms with E-state index >= 15 is 0 Å². The quantitative estimate of drug-likeness (QED) is 0.572. The van der Waals surface area contributed by atoms with Crippen LogP contribution in [0.4, 0.5) is 4.79 Å². The van der Waals surface area contributed by atoms with E-state index in [4.69, 9.17) is 0 Å². The molecule has 0 unspecified atom stereocenters. The topological polar surface area (TPSA) is 51.4 Å². The van der Waals surface area contributed by atoms with E-state index in [1.54, 1.807) is 0 Å². The normalized spacial score (nSPS) is 22.5. The molecule has 0 spiro atoms. The first-order valence-electron chi connectivity index (χ1n) is 11.7. The summed E-state index contributed by atoms with van der Waals surface area (Å²) in [5, 5.41) is 5.98. The molecule has 2 N–H and O–H groups in total. The third-order valence-electron chi connectivity index (χ3n) is 7.15. The van der Waals surface area contributed by atoms with Crippen LogP contribution in [0.25, 0.3) is 10.9 Å². The fourth-order valence-electron chi connectivity index (χ4n) is 5.57. The summed E-state index contributed by atoms with van der Waals surface area (Å²) < 4.78 is 0. The summed E-state index contributed by atoms with van der Waals surface area (Å²) in [6.45, 7) is 6.44. The minimum atomic E-state index is 0.0600. The highest BCUT2D eigenvalue weighted by Gasteiger charge is 2.41. The van der Waals surface area contributed by atoms with Crippen LogP contribution in [-0.4, -0.2) is 59.6 Å². The molecule has 5 nitrogen and oxygen atoms in total. The number of likely N-dealkylation sites (tertiary alicyclic amines) is 1. The summed E-state index contributed by atoms with van der Waals surface area (Å²) in [6, 6.07) is 18.0. The van der Waals surface area contributed by atoms with Crippen LogP contribution in [-0.2, 0) is 6.42 Å². The average molecular weight is 449 g/mol. The highest BCUT2D eigenvalue weighted by molar-refractivity contribution is 7.99. The first kappa shape index (κ1) is 21.4. The van der Waals surface area contributed by atoms with Gasteiger partial charge in [0, 0.05) is 53.4 Å². The zero-order valence-corrected chi connectivity index (χ0v) is 19.9. The number of aromatic amines is 1. The Bertz CT molecular complexity index is 1110. The number of carbonyl (C=O) groups is 1. The van der Waals surface area contributed by atoms with Crippen molar-refractivity contribution in [3.05, 3.63) is 59.7 Å². The highest BCUT2D eigenvalue weighted by atomic mass is 32.2. The van der Waals surface area contributed by atoms with E-state index < -0.39 is 0 Å². The number of hydrogen-bond donors (Lipinski definition) is 2. The van der Waals surface area contributed by atoms with Gasteiger partial charge < -0.3 is 20.1 Å². The number of nitrogens with one attached hydrogen (secondary N) is 2. The Kier molecular flexibility index (Phi) is 5.91. The van der Waals surface area contributed by atoms with Gasteiger partial charge in [-0.3, -0.25) is 0 Å². The van der Waals surface area contributed by atoms with E-state index in [0.29, 0.717) is 12.0 Å². The maximum absolute atomic E-state index is 12.7. The second-order valence-electron chi connectivity index (χ2n) is 8.99. The smallest absolute Gasteiger partial charge is 0.317 e. The van der Waals surface area contributed by atoms with Crippen LogP contribution in [0.2, 0.25) is 0 Å². The maximum atomic E-state index is 12.7. The monoisotopic (exact) mass is 448 g/mol. The first-order valence-corrected chi connectivity index (χ1v) is 12.5. The standard InChI is InChI=1S/C26H32N4OS/c1-4-30(5-2)26(31)27-17-14-20-19-12-9-13-22-24(19)21(15-23(20)29(3)16-17)25(28-22)32-18-10-7-6-8-11-18/h6-13,17,20,23,28H,4-5,14-16H2,1-3H3,(H,27,31)/t17-,20+,23+/m0/s1. The number of piperidine rings is 1. The van der Waals surface area contributed by atoms with Crippen LogP contribution in [0, 0.1) is 0 Å². The van der Waals surface area contributed by atoms with Crippen LogP contribution in [0.5, 0.6) is 0 Å². The number of fused-ring (bicyclic) bond motifs is 2. The number of carbonyl (C=O) groups excluding carboxylic acids is 1. The van der Waals surface area contributed by atoms with Gasteiger partial charge in [-0.1, -0.05) is 42.1 Å². The molecule has 0 radical (unpaired) electrons. The third-order valence-corrected chi connectivity index (χ3v) is 8.21. The van der Waals surface area contributed by atoms with E-state index in [0.717, 1.165) is 32.5 Å². The van der Waals surface area contributed by atoms with Gasteiger partial charge in [0.15, 0.2) is 0 Å². The van der Waals surface area contributed by atoms with Crippen molar-refractivity contribution in [1.82, 2.24) is 20.1 Å². The van der Waals surface area contributed by atoms with Crippen molar-refractivity contribution in [1.29, 1.82) is 0 Å². The summed E-state index contributed by atoms with van der Waals surface area (Å²) in [4.78, 5) is 22.0. The van der Waals surface area contributed by atoms with E-state index in [2.05, 4.69) is 70.8 Å². The second kappa shape index (κ2) is 8.83. The molecular formula is C26H32N4OS. The Morgan fingerprint density at radius 3 is 2.69 bits per heavy atom. The summed E-state index contributed by atoms with van der Waals surface area (Å²) in [6.07, 6.45) is 2.04. The van der Waals surface area contributed by atoms with Gasteiger partial charge in [-0.05, 0) is 63.1 Å². The molecule has 0 saturated carbocycles. The molecule has 32 heavy (non-hydrogen) atoms. The number of aromatic nitrogens is 1. The fraction of sp³-hybridized carbons (Fsp3) is 0.423. The Morgan fingerprint density at radius 1 is 1.16 bits per heavy atom. The predicted octanol–water partition coefficient (Wildman–Crippen LogP) is 5.08. The molecule has 1 aromatic heterocycles. The minimum absolute atomic E-state index is 0.0600. The lowest BCUT2D eigenvalue weighted by atomic mass is 9.74. The number of H-pyrrole nitrogens is 1. The number of urea groups is 1. The number of amides is 2. The predicted molar refractivity (Wildman–Crippen MR) is 132 cm³/mol. The molecule has 2 aromatic carbocycles. The van der Waals surface area contributed by atoms with Crippen molar-refractivity contribution in [2.75, 3.05) is 26.7 Å². The van der Waals surface area contributed by atoms with Crippen molar-refractivity contribution in [3.8, 4) is 0 Å². The summed E-state index contributed by atoms with van der Waals surface area (Å²) in [5.74, 6) is 0.428. The van der Waals surface area contributed by atoms with Crippen LogP contribution in [0.15, 0.2) is 58.5 Å². The molecule has 1 saturated heterocycles. The lowest BCUT2D eigenvalue weighted by Gasteiger charge is -2.46. The fourth-order valence-corrected chi connectivity index (χ4v) is 6.57. The van der Waals surface area contributed by atoms with E-state index in [-0.39, 0.29) is 12.1 Å². The van der Waals surface area contributed by atoms with E-state index in [9.17, 15) is 4.79 Å². The van der Waals surface area contributed by atoms with Gasteiger partial charge in [-0.25, -0.2) is 4.79 Å². The van der Waals surface area contributed by atoms with Gasteiger partial charge in [-0.15, -0.1) is 0 Å². The molecule has 2 aliphatic rings. The molecule has 5 rings (SSSR count). The lowest BCUT2D eigenvalue weighted by molar-refractivity contribution is 0.123. The van der Waals surface area contributed by atoms with Crippen molar-refractivity contribution in [2.45, 2.75) is 54.6 Å². The Labute approximate surface area is 194 Å². The number of nitrogens with zero attached hydrogens (tertiary/aromatic N) is 2. The molecular weight excluding hydrogens is 416 g/mol. The molecule has 2 heterocycles. The van der Waals surface area contributed by atoms with Gasteiger partial charge in [0.25, 0.3) is 0 Å². The molecule has 1 fully saturated rings. The summed E-state index contributed by atoms with van der Waals surface area (Å²) in [7, 11) is 2.22. The van der Waals surface area contributed by atoms with Crippen LogP contribution < -0.4 is 5.32 Å². The maximum Gasteiger partial charge on any atom is 0.317 e. The molecule has 6 heteroatoms. The van der Waals surface area contributed by atoms with Crippen LogP contribution >= 0.6 is 11.8 Å². The molecule has 2 amide bonds. The molecule has 3 atom stereocenters. The van der Waals surface area contributed by atoms with Crippen LogP contribution in [0.1, 0.15) is 37.3 Å². The largest absolute Gasteiger partial charge is 0.349 e. The SMILES string of the molecule is CCN(CC)C(=O)N[C@H]1C[C@@H]2c3cccc4[nH]c(Sc5ccccc5)c(c34)C[C@H]2N(C)C1. The Morgan fingerprint density at radius 2 is 1.94 bits per heavy atom. The van der Waals surface area contributed by atoms with Gasteiger partial charge in [0.2, 0.25) is 0 Å². The van der Waals surface area contributed by atoms with Gasteiger partial charge >= 0.3 is 6.03 Å².